The summed E-state index contributed by atoms with van der Waals surface area (Å²) in [5.74, 6) is -0.974. The Morgan fingerprint density at radius 1 is 1.11 bits per heavy atom. The van der Waals surface area contributed by atoms with E-state index in [0.717, 1.165) is 0 Å². The van der Waals surface area contributed by atoms with Gasteiger partial charge in [-0.3, -0.25) is 24.2 Å². The van der Waals surface area contributed by atoms with Crippen molar-refractivity contribution in [1.29, 1.82) is 0 Å². The zero-order valence-electron chi connectivity index (χ0n) is 19.0. The number of morpholine rings is 1. The van der Waals surface area contributed by atoms with Gasteiger partial charge in [-0.15, -0.1) is 0 Å². The largest absolute Gasteiger partial charge is 0.378 e. The summed E-state index contributed by atoms with van der Waals surface area (Å²) in [6.07, 6.45) is 6.54. The number of amides is 4. The lowest BCUT2D eigenvalue weighted by molar-refractivity contribution is -0.129. The molecule has 0 aliphatic carbocycles. The Bertz CT molecular complexity index is 1190. The topological polar surface area (TPSA) is 121 Å². The van der Waals surface area contributed by atoms with Crippen LogP contribution < -0.4 is 10.6 Å². The minimum Gasteiger partial charge on any atom is -0.378 e. The predicted molar refractivity (Wildman–Crippen MR) is 126 cm³/mol. The highest BCUT2D eigenvalue weighted by atomic mass is 16.5. The van der Waals surface area contributed by atoms with Gasteiger partial charge in [0.05, 0.1) is 24.5 Å². The van der Waals surface area contributed by atoms with Gasteiger partial charge in [-0.2, -0.15) is 0 Å². The Morgan fingerprint density at radius 2 is 1.89 bits per heavy atom. The van der Waals surface area contributed by atoms with Crippen molar-refractivity contribution in [3.05, 3.63) is 65.5 Å². The van der Waals surface area contributed by atoms with Gasteiger partial charge < -0.3 is 25.2 Å². The second-order valence-electron chi connectivity index (χ2n) is 8.68. The monoisotopic (exact) mass is 475 g/mol. The number of ether oxygens (including phenoxy) is 1. The molecule has 0 radical (unpaired) electrons. The first-order valence-electron chi connectivity index (χ1n) is 11.5. The Balaban J connectivity index is 1.31. The number of nitrogens with one attached hydrogen (secondary N) is 2. The molecule has 3 aliphatic heterocycles. The van der Waals surface area contributed by atoms with Crippen LogP contribution in [0.5, 0.6) is 0 Å². The molecule has 4 heterocycles. The van der Waals surface area contributed by atoms with Crippen molar-refractivity contribution < 1.29 is 23.9 Å². The van der Waals surface area contributed by atoms with Gasteiger partial charge in [0, 0.05) is 49.7 Å². The normalized spacial score (nSPS) is 21.8. The smallest absolute Gasteiger partial charge is 0.256 e. The van der Waals surface area contributed by atoms with E-state index in [2.05, 4.69) is 15.6 Å². The fraction of sp³-hybridized carbons (Fsp3) is 0.320. The minimum absolute atomic E-state index is 0.116. The van der Waals surface area contributed by atoms with Crippen molar-refractivity contribution in [3.63, 3.8) is 0 Å². The maximum absolute atomic E-state index is 13.4. The highest BCUT2D eigenvalue weighted by Gasteiger charge is 2.43. The molecule has 35 heavy (non-hydrogen) atoms. The van der Waals surface area contributed by atoms with Crippen LogP contribution in [0.1, 0.15) is 32.7 Å². The molecule has 0 spiro atoms. The fourth-order valence-electron chi connectivity index (χ4n) is 4.56. The van der Waals surface area contributed by atoms with Gasteiger partial charge >= 0.3 is 0 Å². The molecule has 0 unspecified atom stereocenters. The maximum Gasteiger partial charge on any atom is 0.256 e. The number of rotatable bonds is 4. The van der Waals surface area contributed by atoms with Crippen LogP contribution in [-0.4, -0.2) is 83.3 Å². The van der Waals surface area contributed by atoms with Crippen LogP contribution in [0, 0.1) is 0 Å². The van der Waals surface area contributed by atoms with E-state index < -0.39 is 6.04 Å². The summed E-state index contributed by atoms with van der Waals surface area (Å²) in [4.78, 5) is 58.4. The summed E-state index contributed by atoms with van der Waals surface area (Å²) in [5, 5.41) is 5.75. The number of hydrogen-bond donors (Lipinski definition) is 2. The third-order valence-electron chi connectivity index (χ3n) is 6.42. The Morgan fingerprint density at radius 3 is 2.66 bits per heavy atom. The van der Waals surface area contributed by atoms with Crippen LogP contribution in [-0.2, 0) is 14.3 Å². The first-order valence-corrected chi connectivity index (χ1v) is 11.5. The van der Waals surface area contributed by atoms with Crippen LogP contribution in [0.4, 0.5) is 5.69 Å². The number of carbonyl (C=O) groups excluding carboxylic acids is 4. The summed E-state index contributed by atoms with van der Waals surface area (Å²) in [6, 6.07) is 7.28. The third-order valence-corrected chi connectivity index (χ3v) is 6.42. The molecule has 2 aromatic rings. The number of anilines is 1. The van der Waals surface area contributed by atoms with Crippen molar-refractivity contribution in [3.8, 4) is 0 Å². The van der Waals surface area contributed by atoms with Crippen molar-refractivity contribution in [1.82, 2.24) is 20.1 Å². The number of hydrogen-bond acceptors (Lipinski definition) is 6. The van der Waals surface area contributed by atoms with E-state index in [0.29, 0.717) is 55.1 Å². The molecular weight excluding hydrogens is 450 g/mol. The van der Waals surface area contributed by atoms with Crippen LogP contribution in [0.25, 0.3) is 6.08 Å². The third kappa shape index (κ3) is 4.78. The van der Waals surface area contributed by atoms with E-state index in [9.17, 15) is 19.2 Å². The Labute approximate surface area is 201 Å². The first kappa shape index (κ1) is 22.7. The second kappa shape index (κ2) is 9.67. The molecule has 1 aromatic carbocycles. The van der Waals surface area contributed by atoms with Crippen LogP contribution >= 0.6 is 0 Å². The molecule has 2 atom stereocenters. The molecule has 3 aliphatic rings. The van der Waals surface area contributed by atoms with E-state index in [4.69, 9.17) is 4.74 Å². The van der Waals surface area contributed by atoms with E-state index in [-0.39, 0.29) is 36.2 Å². The molecular formula is C25H25N5O5. The van der Waals surface area contributed by atoms with Gasteiger partial charge in [-0.25, -0.2) is 0 Å². The summed E-state index contributed by atoms with van der Waals surface area (Å²) in [6.45, 7) is 2.37. The highest BCUT2D eigenvalue weighted by molar-refractivity contribution is 6.10. The van der Waals surface area contributed by atoms with E-state index in [1.54, 1.807) is 41.3 Å². The van der Waals surface area contributed by atoms with E-state index in [1.165, 1.54) is 23.4 Å². The molecule has 10 heteroatoms. The van der Waals surface area contributed by atoms with Gasteiger partial charge in [0.15, 0.2) is 0 Å². The van der Waals surface area contributed by atoms with Gasteiger partial charge in [0.1, 0.15) is 6.04 Å². The van der Waals surface area contributed by atoms with Crippen molar-refractivity contribution in [2.75, 3.05) is 38.2 Å². The van der Waals surface area contributed by atoms with E-state index >= 15 is 0 Å². The molecule has 1 aromatic heterocycles. The number of pyridine rings is 1. The van der Waals surface area contributed by atoms with Crippen molar-refractivity contribution in [2.45, 2.75) is 18.5 Å². The average Bonchev–Trinajstić information content (AvgIpc) is 3.28. The standard InChI is InChI=1S/C25H25N5O5/c31-22(29-9-11-35-12-10-29)4-2-16-1-3-20-19(13-16)25(34)30-15-18(14-21(30)24(33)28-20)27-23(32)17-5-7-26-8-6-17/h1-8,13,18,21H,9-12,14-15H2,(H,27,32)(H,28,33)/b4-2+/t18-,21-/m0/s1. The lowest BCUT2D eigenvalue weighted by Gasteiger charge is -2.25. The number of carbonyl (C=O) groups is 4. The van der Waals surface area contributed by atoms with E-state index in [1.807, 2.05) is 0 Å². The summed E-state index contributed by atoms with van der Waals surface area (Å²) in [5.41, 5.74) is 1.92. The van der Waals surface area contributed by atoms with Gasteiger partial charge in [-0.05, 0) is 42.3 Å². The first-order chi connectivity index (χ1) is 17.0. The van der Waals surface area contributed by atoms with Gasteiger partial charge in [-0.1, -0.05) is 6.07 Å². The Kier molecular flexibility index (Phi) is 6.28. The SMILES string of the molecule is O=C(N[C@H]1C[C@H]2C(=O)Nc3ccc(/C=C/C(=O)N4CCOCC4)cc3C(=O)N2C1)c1ccncc1. The molecule has 5 rings (SSSR count). The highest BCUT2D eigenvalue weighted by Crippen LogP contribution is 2.30. The molecule has 2 saturated heterocycles. The van der Waals surface area contributed by atoms with Gasteiger partial charge in [0.25, 0.3) is 11.8 Å². The molecule has 180 valence electrons. The predicted octanol–water partition coefficient (Wildman–Crippen LogP) is 0.919. The molecule has 2 N–H and O–H groups in total. The zero-order valence-corrected chi connectivity index (χ0v) is 19.0. The number of benzene rings is 1. The van der Waals surface area contributed by atoms with Crippen LogP contribution in [0.2, 0.25) is 0 Å². The molecule has 4 amide bonds. The lowest BCUT2D eigenvalue weighted by Crippen LogP contribution is -2.41. The Hall–Kier alpha value is -4.05. The van der Waals surface area contributed by atoms with Crippen LogP contribution in [0.3, 0.4) is 0 Å². The molecule has 0 bridgehead atoms. The summed E-state index contributed by atoms with van der Waals surface area (Å²) in [7, 11) is 0. The zero-order chi connectivity index (χ0) is 24.4. The minimum atomic E-state index is -0.681. The number of nitrogens with zero attached hydrogens (tertiary/aromatic N) is 3. The molecule has 0 saturated carbocycles. The number of fused-ring (bicyclic) bond motifs is 2. The van der Waals surface area contributed by atoms with Crippen LogP contribution in [0.15, 0.2) is 48.8 Å². The number of aromatic nitrogens is 1. The van der Waals surface area contributed by atoms with Crippen molar-refractivity contribution in [2.24, 2.45) is 0 Å². The molecule has 10 nitrogen and oxygen atoms in total. The quantitative estimate of drug-likeness (QED) is 0.635. The second-order valence-corrected chi connectivity index (χ2v) is 8.68. The molecule has 2 fully saturated rings. The summed E-state index contributed by atoms with van der Waals surface area (Å²) < 4.78 is 5.27. The fourth-order valence-corrected chi connectivity index (χ4v) is 4.56. The lowest BCUT2D eigenvalue weighted by atomic mass is 10.1. The van der Waals surface area contributed by atoms with Crippen molar-refractivity contribution >= 4 is 35.4 Å². The summed E-state index contributed by atoms with van der Waals surface area (Å²) >= 11 is 0. The average molecular weight is 476 g/mol. The van der Waals surface area contributed by atoms with Gasteiger partial charge in [0.2, 0.25) is 11.8 Å². The maximum atomic E-state index is 13.4.